The van der Waals surface area contributed by atoms with Crippen molar-refractivity contribution in [2.24, 2.45) is 4.99 Å². The minimum absolute atomic E-state index is 0.0225. The summed E-state index contributed by atoms with van der Waals surface area (Å²) in [5, 5.41) is 2.40. The number of halogens is 3. The van der Waals surface area contributed by atoms with Crippen LogP contribution in [0.15, 0.2) is 40.6 Å². The monoisotopic (exact) mass is 471 g/mol. The van der Waals surface area contributed by atoms with Gasteiger partial charge in [0.05, 0.1) is 22.0 Å². The number of benzene rings is 1. The molecule has 0 bridgehead atoms. The van der Waals surface area contributed by atoms with E-state index in [1.165, 1.54) is 36.0 Å². The lowest BCUT2D eigenvalue weighted by Crippen LogP contribution is -2.23. The van der Waals surface area contributed by atoms with Crippen molar-refractivity contribution in [3.63, 3.8) is 0 Å². The third kappa shape index (κ3) is 3.43. The van der Waals surface area contributed by atoms with Gasteiger partial charge in [-0.25, -0.2) is 37.6 Å². The molecule has 30 heavy (non-hydrogen) atoms. The molecule has 4 rings (SSSR count). The van der Waals surface area contributed by atoms with Crippen molar-refractivity contribution in [2.45, 2.75) is 36.8 Å². The van der Waals surface area contributed by atoms with Gasteiger partial charge in [-0.3, -0.25) is 0 Å². The molecule has 0 saturated heterocycles. The molecule has 1 aliphatic heterocycles. The zero-order chi connectivity index (χ0) is 21.8. The molecule has 2 aromatic heterocycles. The summed E-state index contributed by atoms with van der Waals surface area (Å²) in [4.78, 5) is 14.0. The Balaban J connectivity index is 1.82. The Labute approximate surface area is 181 Å². The lowest BCUT2D eigenvalue weighted by molar-refractivity contribution is -0.0269. The van der Waals surface area contributed by atoms with Crippen molar-refractivity contribution in [3.8, 4) is 0 Å². The van der Waals surface area contributed by atoms with Gasteiger partial charge in [-0.1, -0.05) is 23.2 Å². The Bertz CT molecular complexity index is 1310. The Morgan fingerprint density at radius 3 is 2.67 bits per heavy atom. The van der Waals surface area contributed by atoms with E-state index < -0.39 is 26.6 Å². The molecule has 0 fully saturated rings. The maximum atomic E-state index is 13.9. The van der Waals surface area contributed by atoms with E-state index in [4.69, 9.17) is 28.0 Å². The van der Waals surface area contributed by atoms with E-state index in [1.807, 2.05) is 0 Å². The first-order valence-electron chi connectivity index (χ1n) is 8.77. The molecule has 3 aromatic rings. The number of nitrogens with zero attached hydrogens (tertiary/aromatic N) is 4. The summed E-state index contributed by atoms with van der Waals surface area (Å²) in [6, 6.07) is 3.65. The molecule has 0 aliphatic carbocycles. The third-order valence-electron chi connectivity index (χ3n) is 4.62. The van der Waals surface area contributed by atoms with Crippen molar-refractivity contribution in [1.82, 2.24) is 20.1 Å². The summed E-state index contributed by atoms with van der Waals surface area (Å²) in [6.07, 6.45) is 2.96. The topological polar surface area (TPSA) is 98.0 Å². The number of nitrogens with one attached hydrogen (secondary N) is 1. The highest BCUT2D eigenvalue weighted by atomic mass is 35.5. The van der Waals surface area contributed by atoms with Crippen LogP contribution in [0.4, 0.5) is 4.39 Å². The minimum Gasteiger partial charge on any atom is -0.246 e. The quantitative estimate of drug-likeness (QED) is 0.459. The normalized spacial score (nSPS) is 17.1. The average molecular weight is 472 g/mol. The Hall–Kier alpha value is -2.27. The molecule has 1 aromatic carbocycles. The number of hydroxylamine groups is 1. The van der Waals surface area contributed by atoms with E-state index >= 15 is 0 Å². The van der Waals surface area contributed by atoms with Gasteiger partial charge in [0.25, 0.3) is 0 Å². The predicted octanol–water partition coefficient (Wildman–Crippen LogP) is 3.73. The number of aliphatic imine (C=N–C) groups is 1. The highest BCUT2D eigenvalue weighted by Gasteiger charge is 2.32. The zero-order valence-electron chi connectivity index (χ0n) is 16.0. The van der Waals surface area contributed by atoms with Crippen LogP contribution in [-0.4, -0.2) is 34.6 Å². The van der Waals surface area contributed by atoms with Crippen molar-refractivity contribution in [1.29, 1.82) is 0 Å². The largest absolute Gasteiger partial charge is 0.246 e. The second-order valence-electron chi connectivity index (χ2n) is 7.15. The van der Waals surface area contributed by atoms with Crippen molar-refractivity contribution < 1.29 is 17.6 Å². The van der Waals surface area contributed by atoms with Gasteiger partial charge in [-0.15, -0.1) is 0 Å². The molecule has 1 aliphatic rings. The number of rotatable bonds is 4. The molecule has 8 nitrogen and oxygen atoms in total. The van der Waals surface area contributed by atoms with Gasteiger partial charge in [0.2, 0.25) is 9.84 Å². The van der Waals surface area contributed by atoms with Crippen LogP contribution >= 0.6 is 23.2 Å². The van der Waals surface area contributed by atoms with E-state index in [0.717, 1.165) is 6.07 Å². The van der Waals surface area contributed by atoms with Crippen LogP contribution in [0, 0.1) is 5.82 Å². The van der Waals surface area contributed by atoms with Gasteiger partial charge in [0, 0.05) is 16.8 Å². The first-order valence-corrected chi connectivity index (χ1v) is 11.1. The van der Waals surface area contributed by atoms with Crippen molar-refractivity contribution >= 4 is 44.5 Å². The van der Waals surface area contributed by atoms with Crippen LogP contribution in [0.1, 0.15) is 37.1 Å². The molecular weight excluding hydrogens is 456 g/mol. The highest BCUT2D eigenvalue weighted by molar-refractivity contribution is 7.91. The number of hydrogen-bond donors (Lipinski definition) is 1. The molecule has 0 unspecified atom stereocenters. The fraction of sp³-hybridized carbons (Fsp3) is 0.278. The fourth-order valence-corrected chi connectivity index (χ4v) is 5.24. The second kappa shape index (κ2) is 7.16. The zero-order valence-corrected chi connectivity index (χ0v) is 18.3. The fourth-order valence-electron chi connectivity index (χ4n) is 3.03. The minimum atomic E-state index is -4.07. The summed E-state index contributed by atoms with van der Waals surface area (Å²) >= 11 is 12.1. The van der Waals surface area contributed by atoms with Crippen LogP contribution in [0.25, 0.3) is 5.65 Å². The van der Waals surface area contributed by atoms with Gasteiger partial charge < -0.3 is 0 Å². The SMILES string of the molecule is C[C@H](c1c(Cl)ccc(F)c1Cl)S(=O)(=O)c1ccn2ncc(C3=NC(C)(C)ON3)c2n1. The summed E-state index contributed by atoms with van der Waals surface area (Å²) < 4.78 is 41.8. The lowest BCUT2D eigenvalue weighted by atomic mass is 10.1. The summed E-state index contributed by atoms with van der Waals surface area (Å²) in [5.41, 5.74) is 2.61. The van der Waals surface area contributed by atoms with Gasteiger partial charge in [-0.05, 0) is 39.0 Å². The molecule has 0 radical (unpaired) electrons. The van der Waals surface area contributed by atoms with E-state index in [9.17, 15) is 12.8 Å². The van der Waals surface area contributed by atoms with E-state index in [-0.39, 0.29) is 26.3 Å². The standard InChI is InChI=1S/C18H16Cl2FN5O3S/c1-9(14-11(19)4-5-12(21)15(14)20)30(27,28)13-6-7-26-17(23-13)10(8-22-26)16-24-18(2,3)29-25-16/h4-9H,1-3H3,(H,24,25)/t9-/m1/s1. The van der Waals surface area contributed by atoms with Crippen LogP contribution in [0.5, 0.6) is 0 Å². The van der Waals surface area contributed by atoms with Gasteiger partial charge >= 0.3 is 0 Å². The number of hydrogen-bond acceptors (Lipinski definition) is 7. The second-order valence-corrected chi connectivity index (χ2v) is 10.1. The molecular formula is C18H16Cl2FN5O3S. The molecule has 12 heteroatoms. The number of sulfone groups is 1. The first kappa shape index (κ1) is 21.0. The van der Waals surface area contributed by atoms with Crippen LogP contribution in [-0.2, 0) is 14.7 Å². The van der Waals surface area contributed by atoms with Crippen LogP contribution < -0.4 is 5.48 Å². The molecule has 3 heterocycles. The maximum Gasteiger partial charge on any atom is 0.202 e. The van der Waals surface area contributed by atoms with Crippen LogP contribution in [0.2, 0.25) is 10.0 Å². The van der Waals surface area contributed by atoms with Gasteiger partial charge in [0.1, 0.15) is 5.82 Å². The van der Waals surface area contributed by atoms with E-state index in [1.54, 1.807) is 13.8 Å². The molecule has 1 atom stereocenters. The molecule has 0 spiro atoms. The van der Waals surface area contributed by atoms with Crippen molar-refractivity contribution in [3.05, 3.63) is 57.6 Å². The van der Waals surface area contributed by atoms with Crippen molar-refractivity contribution in [2.75, 3.05) is 0 Å². The Morgan fingerprint density at radius 1 is 1.27 bits per heavy atom. The summed E-state index contributed by atoms with van der Waals surface area (Å²) in [5.74, 6) is -0.381. The number of amidine groups is 1. The average Bonchev–Trinajstić information content (AvgIpc) is 3.27. The predicted molar refractivity (Wildman–Crippen MR) is 110 cm³/mol. The van der Waals surface area contributed by atoms with E-state index in [0.29, 0.717) is 11.4 Å². The Morgan fingerprint density at radius 2 is 2.00 bits per heavy atom. The van der Waals surface area contributed by atoms with Crippen LogP contribution in [0.3, 0.4) is 0 Å². The molecule has 0 saturated carbocycles. The van der Waals surface area contributed by atoms with Gasteiger partial charge in [-0.2, -0.15) is 5.10 Å². The molecule has 158 valence electrons. The highest BCUT2D eigenvalue weighted by Crippen LogP contribution is 2.38. The maximum absolute atomic E-state index is 13.9. The number of fused-ring (bicyclic) bond motifs is 1. The molecule has 0 amide bonds. The molecule has 1 N–H and O–H groups in total. The lowest BCUT2D eigenvalue weighted by Gasteiger charge is -2.16. The summed E-state index contributed by atoms with van der Waals surface area (Å²) in [6.45, 7) is 4.90. The third-order valence-corrected chi connectivity index (χ3v) is 7.31. The smallest absolute Gasteiger partial charge is 0.202 e. The van der Waals surface area contributed by atoms with Gasteiger partial charge in [0.15, 0.2) is 22.2 Å². The van der Waals surface area contributed by atoms with E-state index in [2.05, 4.69) is 20.6 Å². The Kier molecular flexibility index (Phi) is 5.00. The summed E-state index contributed by atoms with van der Waals surface area (Å²) in [7, 11) is -4.07. The first-order chi connectivity index (χ1) is 14.0. The number of aromatic nitrogens is 3.